The van der Waals surface area contributed by atoms with Gasteiger partial charge in [0.1, 0.15) is 12.5 Å². The fraction of sp³-hybridized carbons (Fsp3) is 0.182. The molecule has 3 heterocycles. The van der Waals surface area contributed by atoms with Crippen LogP contribution in [0, 0.1) is 5.92 Å². The Hall–Kier alpha value is -3.26. The van der Waals surface area contributed by atoms with E-state index in [0.717, 1.165) is 15.7 Å². The van der Waals surface area contributed by atoms with Crippen molar-refractivity contribution in [2.75, 3.05) is 16.8 Å². The van der Waals surface area contributed by atoms with Crippen molar-refractivity contribution in [2.24, 2.45) is 5.92 Å². The molecule has 30 heavy (non-hydrogen) atoms. The minimum absolute atomic E-state index is 0.221. The molecule has 1 atom stereocenters. The molecule has 2 amide bonds. The fourth-order valence-electron chi connectivity index (χ4n) is 3.27. The Balaban J connectivity index is 1.43. The van der Waals surface area contributed by atoms with E-state index in [1.807, 2.05) is 36.4 Å². The van der Waals surface area contributed by atoms with Gasteiger partial charge in [0.25, 0.3) is 0 Å². The van der Waals surface area contributed by atoms with E-state index in [1.54, 1.807) is 35.6 Å². The Morgan fingerprint density at radius 2 is 2.00 bits per heavy atom. The third kappa shape index (κ3) is 4.49. The Morgan fingerprint density at radius 3 is 2.80 bits per heavy atom. The van der Waals surface area contributed by atoms with Crippen LogP contribution in [0.15, 0.2) is 71.6 Å². The predicted octanol–water partition coefficient (Wildman–Crippen LogP) is 3.81. The molecule has 1 saturated heterocycles. The summed E-state index contributed by atoms with van der Waals surface area (Å²) in [6.45, 7) is 0.803. The van der Waals surface area contributed by atoms with Crippen LogP contribution in [0.5, 0.6) is 5.75 Å². The lowest BCUT2D eigenvalue weighted by Gasteiger charge is -2.17. The second kappa shape index (κ2) is 9.04. The van der Waals surface area contributed by atoms with Gasteiger partial charge in [-0.05, 0) is 54.4 Å². The van der Waals surface area contributed by atoms with E-state index in [1.165, 1.54) is 0 Å². The fourth-order valence-corrected chi connectivity index (χ4v) is 3.66. The van der Waals surface area contributed by atoms with E-state index in [2.05, 4.69) is 31.2 Å². The normalized spacial score (nSPS) is 15.8. The number of halogens is 1. The summed E-state index contributed by atoms with van der Waals surface area (Å²) >= 11 is 3.41. The van der Waals surface area contributed by atoms with Gasteiger partial charge in [-0.3, -0.25) is 14.6 Å². The second-order valence-electron chi connectivity index (χ2n) is 6.79. The van der Waals surface area contributed by atoms with Gasteiger partial charge in [-0.2, -0.15) is 0 Å². The maximum atomic E-state index is 12.8. The zero-order valence-electron chi connectivity index (χ0n) is 16.0. The molecular weight excluding hydrogens is 448 g/mol. The monoisotopic (exact) mass is 466 g/mol. The summed E-state index contributed by atoms with van der Waals surface area (Å²) in [7, 11) is 0. The van der Waals surface area contributed by atoms with Crippen molar-refractivity contribution in [1.82, 2.24) is 9.97 Å². The number of pyridine rings is 2. The van der Waals surface area contributed by atoms with Crippen molar-refractivity contribution >= 4 is 39.2 Å². The van der Waals surface area contributed by atoms with Crippen molar-refractivity contribution in [1.29, 1.82) is 0 Å². The minimum Gasteiger partial charge on any atom is -0.485 e. The highest BCUT2D eigenvalue weighted by molar-refractivity contribution is 9.10. The molecule has 1 N–H and O–H groups in total. The number of carbonyl (C=O) groups excluding carboxylic acids is 2. The molecule has 0 radical (unpaired) electrons. The number of nitrogens with zero attached hydrogens (tertiary/aromatic N) is 3. The van der Waals surface area contributed by atoms with Crippen LogP contribution in [-0.2, 0) is 16.2 Å². The Kier molecular flexibility index (Phi) is 6.04. The van der Waals surface area contributed by atoms with Crippen molar-refractivity contribution in [3.8, 4) is 5.75 Å². The lowest BCUT2D eigenvalue weighted by atomic mass is 10.1. The maximum absolute atomic E-state index is 12.8. The summed E-state index contributed by atoms with van der Waals surface area (Å²) in [6.07, 6.45) is 5.39. The average Bonchev–Trinajstić information content (AvgIpc) is 3.15. The molecule has 1 fully saturated rings. The van der Waals surface area contributed by atoms with Gasteiger partial charge in [-0.1, -0.05) is 22.0 Å². The molecule has 1 unspecified atom stereocenters. The van der Waals surface area contributed by atoms with Gasteiger partial charge < -0.3 is 15.0 Å². The van der Waals surface area contributed by atoms with E-state index in [9.17, 15) is 9.59 Å². The Bertz CT molecular complexity index is 1060. The molecule has 0 aliphatic carbocycles. The number of hydrogen-bond donors (Lipinski definition) is 1. The van der Waals surface area contributed by atoms with Crippen molar-refractivity contribution < 1.29 is 14.3 Å². The molecule has 0 spiro atoms. The molecule has 1 aliphatic heterocycles. The SMILES string of the molecule is O=C(Nc1ncccc1OCc1ccncc1)C1CCN(c2cccc(Br)c2)C1=O. The first kappa shape index (κ1) is 20.0. The standard InChI is InChI=1S/C22H19BrN4O3/c23-16-3-1-4-17(13-16)27-12-8-18(22(27)29)21(28)26-20-19(5-2-9-25-20)30-14-15-6-10-24-11-7-15/h1-7,9-11,13,18H,8,12,14H2,(H,25,26,28). The molecular formula is C22H19BrN4O3. The van der Waals surface area contributed by atoms with Crippen LogP contribution in [0.3, 0.4) is 0 Å². The van der Waals surface area contributed by atoms with E-state index in [0.29, 0.717) is 31.1 Å². The Labute approximate surface area is 182 Å². The summed E-state index contributed by atoms with van der Waals surface area (Å²) in [5.74, 6) is -0.632. The minimum atomic E-state index is -0.765. The van der Waals surface area contributed by atoms with Gasteiger partial charge in [0.15, 0.2) is 11.6 Å². The highest BCUT2D eigenvalue weighted by Gasteiger charge is 2.38. The van der Waals surface area contributed by atoms with Gasteiger partial charge in [0.2, 0.25) is 11.8 Å². The van der Waals surface area contributed by atoms with E-state index < -0.39 is 5.92 Å². The van der Waals surface area contributed by atoms with Crippen molar-refractivity contribution in [2.45, 2.75) is 13.0 Å². The summed E-state index contributed by atoms with van der Waals surface area (Å²) in [6, 6.07) is 14.6. The number of carbonyl (C=O) groups is 2. The second-order valence-corrected chi connectivity index (χ2v) is 7.71. The van der Waals surface area contributed by atoms with Crippen molar-refractivity contribution in [3.05, 3.63) is 77.2 Å². The number of amides is 2. The van der Waals surface area contributed by atoms with Gasteiger partial charge >= 0.3 is 0 Å². The third-order valence-corrected chi connectivity index (χ3v) is 5.29. The molecule has 2 aromatic heterocycles. The van der Waals surface area contributed by atoms with Gasteiger partial charge in [0.05, 0.1) is 0 Å². The smallest absolute Gasteiger partial charge is 0.239 e. The van der Waals surface area contributed by atoms with E-state index in [-0.39, 0.29) is 11.8 Å². The molecule has 1 aromatic carbocycles. The highest BCUT2D eigenvalue weighted by Crippen LogP contribution is 2.29. The van der Waals surface area contributed by atoms with Crippen LogP contribution in [0.25, 0.3) is 0 Å². The van der Waals surface area contributed by atoms with Crippen LogP contribution < -0.4 is 15.0 Å². The summed E-state index contributed by atoms with van der Waals surface area (Å²) in [5, 5.41) is 2.76. The van der Waals surface area contributed by atoms with Crippen LogP contribution in [-0.4, -0.2) is 28.3 Å². The largest absolute Gasteiger partial charge is 0.485 e. The lowest BCUT2D eigenvalue weighted by Crippen LogP contribution is -2.33. The number of ether oxygens (including phenoxy) is 1. The molecule has 0 bridgehead atoms. The number of hydrogen-bond acceptors (Lipinski definition) is 5. The van der Waals surface area contributed by atoms with Crippen LogP contribution in [0.2, 0.25) is 0 Å². The topological polar surface area (TPSA) is 84.4 Å². The quantitative estimate of drug-likeness (QED) is 0.558. The Morgan fingerprint density at radius 1 is 1.17 bits per heavy atom. The molecule has 8 heteroatoms. The zero-order chi connectivity index (χ0) is 20.9. The molecule has 0 saturated carbocycles. The molecule has 7 nitrogen and oxygen atoms in total. The van der Waals surface area contributed by atoms with Gasteiger partial charge in [0, 0.05) is 35.3 Å². The van der Waals surface area contributed by atoms with Crippen molar-refractivity contribution in [3.63, 3.8) is 0 Å². The van der Waals surface area contributed by atoms with Crippen LogP contribution in [0.4, 0.5) is 11.5 Å². The first-order valence-electron chi connectivity index (χ1n) is 9.46. The molecule has 1 aliphatic rings. The average molecular weight is 467 g/mol. The van der Waals surface area contributed by atoms with E-state index in [4.69, 9.17) is 4.74 Å². The third-order valence-electron chi connectivity index (χ3n) is 4.80. The number of benzene rings is 1. The number of nitrogens with one attached hydrogen (secondary N) is 1. The first-order valence-corrected chi connectivity index (χ1v) is 10.3. The number of rotatable bonds is 6. The maximum Gasteiger partial charge on any atom is 0.239 e. The number of anilines is 2. The summed E-state index contributed by atoms with van der Waals surface area (Å²) in [5.41, 5.74) is 1.71. The van der Waals surface area contributed by atoms with E-state index >= 15 is 0 Å². The number of aromatic nitrogens is 2. The molecule has 3 aromatic rings. The molecule has 4 rings (SSSR count). The van der Waals surface area contributed by atoms with Crippen LogP contribution in [0.1, 0.15) is 12.0 Å². The first-order chi connectivity index (χ1) is 14.6. The lowest BCUT2D eigenvalue weighted by molar-refractivity contribution is -0.129. The van der Waals surface area contributed by atoms with Crippen LogP contribution >= 0.6 is 15.9 Å². The highest BCUT2D eigenvalue weighted by atomic mass is 79.9. The predicted molar refractivity (Wildman–Crippen MR) is 116 cm³/mol. The zero-order valence-corrected chi connectivity index (χ0v) is 17.6. The molecule has 152 valence electrons. The summed E-state index contributed by atoms with van der Waals surface area (Å²) in [4.78, 5) is 35.5. The van der Waals surface area contributed by atoms with Gasteiger partial charge in [-0.15, -0.1) is 0 Å². The van der Waals surface area contributed by atoms with Gasteiger partial charge in [-0.25, -0.2) is 4.98 Å². The summed E-state index contributed by atoms with van der Waals surface area (Å²) < 4.78 is 6.69.